The summed E-state index contributed by atoms with van der Waals surface area (Å²) in [5.41, 5.74) is 2.67. The fraction of sp³-hybridized carbons (Fsp3) is 0.176. The van der Waals surface area contributed by atoms with Gasteiger partial charge in [-0.25, -0.2) is 0 Å². The summed E-state index contributed by atoms with van der Waals surface area (Å²) in [4.78, 5) is 24.0. The van der Waals surface area contributed by atoms with Gasteiger partial charge in [0.15, 0.2) is 0 Å². The maximum Gasteiger partial charge on any atom is 0.314 e. The van der Waals surface area contributed by atoms with Crippen LogP contribution in [0.3, 0.4) is 0 Å². The van der Waals surface area contributed by atoms with Crippen molar-refractivity contribution >= 4 is 34.8 Å². The molecular formula is C17H17ClN2O3. The van der Waals surface area contributed by atoms with Gasteiger partial charge in [-0.05, 0) is 43.2 Å². The Morgan fingerprint density at radius 2 is 1.74 bits per heavy atom. The molecule has 0 radical (unpaired) electrons. The fourth-order valence-electron chi connectivity index (χ4n) is 2.13. The lowest BCUT2D eigenvalue weighted by atomic mass is 10.1. The van der Waals surface area contributed by atoms with Crippen LogP contribution in [0.2, 0.25) is 5.02 Å². The molecule has 0 saturated carbocycles. The number of benzene rings is 2. The van der Waals surface area contributed by atoms with Crippen LogP contribution in [0.25, 0.3) is 0 Å². The second kappa shape index (κ2) is 7.15. The molecule has 0 spiro atoms. The monoisotopic (exact) mass is 332 g/mol. The first-order chi connectivity index (χ1) is 10.9. The maximum absolute atomic E-state index is 12.0. The SMILES string of the molecule is COc1cccc(NC(=O)C(=O)Nc2c(C)cc(C)cc2Cl)c1. The van der Waals surface area contributed by atoms with E-state index in [2.05, 4.69) is 10.6 Å². The van der Waals surface area contributed by atoms with Crippen LogP contribution < -0.4 is 15.4 Å². The number of halogens is 1. The highest BCUT2D eigenvalue weighted by molar-refractivity contribution is 6.45. The summed E-state index contributed by atoms with van der Waals surface area (Å²) in [6.45, 7) is 3.72. The topological polar surface area (TPSA) is 67.4 Å². The van der Waals surface area contributed by atoms with E-state index in [9.17, 15) is 9.59 Å². The van der Waals surface area contributed by atoms with E-state index < -0.39 is 11.8 Å². The number of hydrogen-bond donors (Lipinski definition) is 2. The van der Waals surface area contributed by atoms with Crippen molar-refractivity contribution < 1.29 is 14.3 Å². The first kappa shape index (κ1) is 16.8. The van der Waals surface area contributed by atoms with Gasteiger partial charge in [-0.2, -0.15) is 0 Å². The molecule has 2 aromatic rings. The largest absolute Gasteiger partial charge is 0.497 e. The van der Waals surface area contributed by atoms with Gasteiger partial charge in [0.1, 0.15) is 5.75 Å². The minimum atomic E-state index is -0.790. The molecule has 0 aliphatic rings. The van der Waals surface area contributed by atoms with Crippen LogP contribution in [0, 0.1) is 13.8 Å². The number of carbonyl (C=O) groups is 2. The third-order valence-corrected chi connectivity index (χ3v) is 3.50. The minimum Gasteiger partial charge on any atom is -0.497 e. The van der Waals surface area contributed by atoms with Crippen molar-refractivity contribution in [2.75, 3.05) is 17.7 Å². The van der Waals surface area contributed by atoms with Crippen LogP contribution in [0.15, 0.2) is 36.4 Å². The summed E-state index contributed by atoms with van der Waals surface area (Å²) in [6.07, 6.45) is 0. The second-order valence-electron chi connectivity index (χ2n) is 5.08. The standard InChI is InChI=1S/C17H17ClN2O3/c1-10-7-11(2)15(14(18)8-10)20-17(22)16(21)19-12-5-4-6-13(9-12)23-3/h4-9H,1-3H3,(H,19,21)(H,20,22). The number of methoxy groups -OCH3 is 1. The Hall–Kier alpha value is -2.53. The van der Waals surface area contributed by atoms with Crippen LogP contribution in [0.4, 0.5) is 11.4 Å². The molecule has 0 fully saturated rings. The molecule has 0 aliphatic heterocycles. The van der Waals surface area contributed by atoms with Gasteiger partial charge in [0, 0.05) is 11.8 Å². The number of nitrogens with one attached hydrogen (secondary N) is 2. The summed E-state index contributed by atoms with van der Waals surface area (Å²) in [6, 6.07) is 10.3. The van der Waals surface area contributed by atoms with E-state index in [4.69, 9.17) is 16.3 Å². The number of rotatable bonds is 3. The van der Waals surface area contributed by atoms with E-state index in [1.54, 1.807) is 30.3 Å². The molecule has 0 heterocycles. The number of ether oxygens (including phenoxy) is 1. The summed E-state index contributed by atoms with van der Waals surface area (Å²) in [7, 11) is 1.52. The van der Waals surface area contributed by atoms with Gasteiger partial charge in [-0.15, -0.1) is 0 Å². The Kier molecular flexibility index (Phi) is 5.24. The molecule has 2 amide bonds. The molecule has 0 saturated heterocycles. The van der Waals surface area contributed by atoms with Crippen LogP contribution >= 0.6 is 11.6 Å². The van der Waals surface area contributed by atoms with E-state index in [0.717, 1.165) is 11.1 Å². The number of aryl methyl sites for hydroxylation is 2. The molecule has 0 unspecified atom stereocenters. The van der Waals surface area contributed by atoms with Gasteiger partial charge in [0.25, 0.3) is 0 Å². The zero-order valence-electron chi connectivity index (χ0n) is 13.1. The van der Waals surface area contributed by atoms with E-state index in [1.807, 2.05) is 19.9 Å². The molecule has 2 N–H and O–H groups in total. The van der Waals surface area contributed by atoms with Crippen molar-refractivity contribution in [2.24, 2.45) is 0 Å². The quantitative estimate of drug-likeness (QED) is 0.845. The van der Waals surface area contributed by atoms with Gasteiger partial charge in [0.05, 0.1) is 17.8 Å². The lowest BCUT2D eigenvalue weighted by Crippen LogP contribution is -2.29. The molecule has 120 valence electrons. The highest BCUT2D eigenvalue weighted by Gasteiger charge is 2.17. The maximum atomic E-state index is 12.0. The first-order valence-corrected chi connectivity index (χ1v) is 7.31. The summed E-state index contributed by atoms with van der Waals surface area (Å²) >= 11 is 6.12. The molecule has 5 nitrogen and oxygen atoms in total. The molecule has 0 aliphatic carbocycles. The summed E-state index contributed by atoms with van der Waals surface area (Å²) in [5.74, 6) is -0.989. The van der Waals surface area contributed by atoms with Crippen molar-refractivity contribution in [1.82, 2.24) is 0 Å². The van der Waals surface area contributed by atoms with Gasteiger partial charge < -0.3 is 15.4 Å². The highest BCUT2D eigenvalue weighted by Crippen LogP contribution is 2.27. The van der Waals surface area contributed by atoms with Gasteiger partial charge >= 0.3 is 11.8 Å². The normalized spacial score (nSPS) is 10.1. The van der Waals surface area contributed by atoms with Crippen molar-refractivity contribution in [3.63, 3.8) is 0 Å². The Balaban J connectivity index is 2.10. The van der Waals surface area contributed by atoms with E-state index >= 15 is 0 Å². The summed E-state index contributed by atoms with van der Waals surface area (Å²) in [5, 5.41) is 5.45. The lowest BCUT2D eigenvalue weighted by Gasteiger charge is -2.12. The zero-order chi connectivity index (χ0) is 17.0. The number of carbonyl (C=O) groups excluding carboxylic acids is 2. The Labute approximate surface area is 139 Å². The average Bonchev–Trinajstić information content (AvgIpc) is 2.50. The van der Waals surface area contributed by atoms with E-state index in [1.165, 1.54) is 7.11 Å². The molecule has 23 heavy (non-hydrogen) atoms. The summed E-state index contributed by atoms with van der Waals surface area (Å²) < 4.78 is 5.07. The van der Waals surface area contributed by atoms with Gasteiger partial charge in [0.2, 0.25) is 0 Å². The van der Waals surface area contributed by atoms with Gasteiger partial charge in [-0.3, -0.25) is 9.59 Å². The molecule has 2 rings (SSSR count). The van der Waals surface area contributed by atoms with Crippen molar-refractivity contribution in [3.05, 3.63) is 52.5 Å². The fourth-order valence-corrected chi connectivity index (χ4v) is 2.50. The Bertz CT molecular complexity index is 736. The number of anilines is 2. The lowest BCUT2D eigenvalue weighted by molar-refractivity contribution is -0.133. The van der Waals surface area contributed by atoms with Crippen LogP contribution in [0.5, 0.6) is 5.75 Å². The average molecular weight is 333 g/mol. The minimum absolute atomic E-state index is 0.394. The molecule has 0 bridgehead atoms. The molecule has 0 atom stereocenters. The molecule has 0 aromatic heterocycles. The smallest absolute Gasteiger partial charge is 0.314 e. The highest BCUT2D eigenvalue weighted by atomic mass is 35.5. The Morgan fingerprint density at radius 3 is 2.39 bits per heavy atom. The van der Waals surface area contributed by atoms with Crippen molar-refractivity contribution in [3.8, 4) is 5.75 Å². The molecule has 2 aromatic carbocycles. The third-order valence-electron chi connectivity index (χ3n) is 3.20. The van der Waals surface area contributed by atoms with Gasteiger partial charge in [-0.1, -0.05) is 23.7 Å². The van der Waals surface area contributed by atoms with Crippen LogP contribution in [-0.4, -0.2) is 18.9 Å². The van der Waals surface area contributed by atoms with Crippen molar-refractivity contribution in [2.45, 2.75) is 13.8 Å². The molecule has 6 heteroatoms. The number of hydrogen-bond acceptors (Lipinski definition) is 3. The second-order valence-corrected chi connectivity index (χ2v) is 5.49. The van der Waals surface area contributed by atoms with Crippen LogP contribution in [0.1, 0.15) is 11.1 Å². The predicted octanol–water partition coefficient (Wildman–Crippen LogP) is 3.54. The van der Waals surface area contributed by atoms with E-state index in [-0.39, 0.29) is 0 Å². The number of amides is 2. The van der Waals surface area contributed by atoms with Crippen molar-refractivity contribution in [1.29, 1.82) is 0 Å². The first-order valence-electron chi connectivity index (χ1n) is 6.94. The Morgan fingerprint density at radius 1 is 1.04 bits per heavy atom. The third kappa shape index (κ3) is 4.23. The molecular weight excluding hydrogens is 316 g/mol. The predicted molar refractivity (Wildman–Crippen MR) is 91.2 cm³/mol. The zero-order valence-corrected chi connectivity index (χ0v) is 13.8. The van der Waals surface area contributed by atoms with Crippen LogP contribution in [-0.2, 0) is 9.59 Å². The van der Waals surface area contributed by atoms with E-state index in [0.29, 0.717) is 22.1 Å².